The number of ether oxygens (including phenoxy) is 2. The van der Waals surface area contributed by atoms with E-state index in [1.165, 1.54) is 10.6 Å². The lowest BCUT2D eigenvalue weighted by molar-refractivity contribution is -0.172. The van der Waals surface area contributed by atoms with Gasteiger partial charge in [-0.2, -0.15) is 0 Å². The Balaban J connectivity index is 1.66. The predicted molar refractivity (Wildman–Crippen MR) is 123 cm³/mol. The van der Waals surface area contributed by atoms with Crippen molar-refractivity contribution in [2.24, 2.45) is 0 Å². The van der Waals surface area contributed by atoms with Gasteiger partial charge in [0, 0.05) is 28.1 Å². The number of halogens is 1. The molecule has 1 aromatic carbocycles. The summed E-state index contributed by atoms with van der Waals surface area (Å²) in [5.41, 5.74) is 0.532. The maximum Gasteiger partial charge on any atom is 0.343 e. The highest BCUT2D eigenvalue weighted by atomic mass is 19.1. The number of carbonyl (C=O) groups is 2. The van der Waals surface area contributed by atoms with Gasteiger partial charge in [0.25, 0.3) is 5.56 Å². The van der Waals surface area contributed by atoms with Crippen LogP contribution in [0, 0.1) is 12.7 Å². The number of amides is 1. The summed E-state index contributed by atoms with van der Waals surface area (Å²) in [6.07, 6.45) is 0.00539. The molecule has 11 heteroatoms. The fraction of sp³-hybridized carbons (Fsp3) is 0.360. The number of aromatic nitrogens is 2. The Morgan fingerprint density at radius 1 is 1.31 bits per heavy atom. The molecule has 0 radical (unpaired) electrons. The van der Waals surface area contributed by atoms with E-state index in [1.54, 1.807) is 19.9 Å². The molecule has 1 amide bonds. The summed E-state index contributed by atoms with van der Waals surface area (Å²) in [5, 5.41) is 23.6. The minimum Gasteiger partial charge on any atom is -0.490 e. The van der Waals surface area contributed by atoms with Gasteiger partial charge in [-0.1, -0.05) is 6.92 Å². The van der Waals surface area contributed by atoms with Crippen LogP contribution in [0.15, 0.2) is 16.9 Å². The Morgan fingerprint density at radius 2 is 2.08 bits per heavy atom. The van der Waals surface area contributed by atoms with E-state index in [2.05, 4.69) is 10.3 Å². The topological polar surface area (TPSA) is 140 Å². The predicted octanol–water partition coefficient (Wildman–Crippen LogP) is 1.07. The molecule has 0 aliphatic carbocycles. The molecular weight excluding hydrogens is 473 g/mol. The van der Waals surface area contributed by atoms with Crippen LogP contribution in [-0.4, -0.2) is 44.9 Å². The third-order valence-electron chi connectivity index (χ3n) is 7.38. The van der Waals surface area contributed by atoms with Crippen molar-refractivity contribution < 1.29 is 33.7 Å². The number of nitrogens with one attached hydrogen (secondary N) is 1. The molecule has 3 aromatic rings. The molecule has 3 N–H and O–H groups in total. The minimum absolute atomic E-state index is 0.00539. The number of benzene rings is 1. The van der Waals surface area contributed by atoms with E-state index in [1.807, 2.05) is 0 Å². The summed E-state index contributed by atoms with van der Waals surface area (Å²) in [5.74, 6) is -1.64. The zero-order chi connectivity index (χ0) is 25.5. The molecule has 36 heavy (non-hydrogen) atoms. The SMILES string of the molecule is CC[C@@]1(O)C(=O)OCc2c1cc1n(c2=O)Cc2c-1nc1cc(F)c(C)c3c1c2[C@H](NC(=O)CO)CO3. The number of aliphatic hydroxyl groups is 2. The number of carbonyl (C=O) groups excluding carboxylic acids is 2. The fourth-order valence-electron chi connectivity index (χ4n) is 5.48. The van der Waals surface area contributed by atoms with Gasteiger partial charge in [-0.05, 0) is 25.0 Å². The van der Waals surface area contributed by atoms with Gasteiger partial charge in [0.05, 0.1) is 35.1 Å². The van der Waals surface area contributed by atoms with Crippen molar-refractivity contribution in [2.75, 3.05) is 13.2 Å². The second-order valence-corrected chi connectivity index (χ2v) is 9.25. The molecule has 5 heterocycles. The fourth-order valence-corrected chi connectivity index (χ4v) is 5.48. The van der Waals surface area contributed by atoms with Gasteiger partial charge in [0.2, 0.25) is 5.91 Å². The van der Waals surface area contributed by atoms with Gasteiger partial charge in [-0.25, -0.2) is 14.2 Å². The molecule has 186 valence electrons. The standard InChI is InChI=1S/C25H22FN3O7/c1-3-25(34)13-4-17-21-11(6-29(17)23(32)12(13)8-36-24(25)33)19-16(27-18(31)7-30)9-35-22-10(2)14(26)5-15(28-21)20(19)22/h4-5,16,30,34H,3,6-9H2,1-2H3,(H,27,31)/t16-,25+/m1/s1. The summed E-state index contributed by atoms with van der Waals surface area (Å²) in [7, 11) is 0. The number of fused-ring (bicyclic) bond motifs is 5. The third kappa shape index (κ3) is 2.83. The second kappa shape index (κ2) is 7.58. The Morgan fingerprint density at radius 3 is 2.81 bits per heavy atom. The molecule has 6 rings (SSSR count). The Hall–Kier alpha value is -3.83. The van der Waals surface area contributed by atoms with Gasteiger partial charge in [0.1, 0.15) is 31.4 Å². The molecule has 0 saturated heterocycles. The molecule has 2 atom stereocenters. The van der Waals surface area contributed by atoms with Crippen molar-refractivity contribution in [2.45, 2.75) is 45.1 Å². The first-order valence-corrected chi connectivity index (χ1v) is 11.5. The van der Waals surface area contributed by atoms with E-state index in [0.717, 1.165) is 0 Å². The molecule has 0 spiro atoms. The highest BCUT2D eigenvalue weighted by Crippen LogP contribution is 2.46. The summed E-state index contributed by atoms with van der Waals surface area (Å²) in [6, 6.07) is 2.17. The van der Waals surface area contributed by atoms with E-state index >= 15 is 0 Å². The zero-order valence-corrected chi connectivity index (χ0v) is 19.5. The molecule has 2 aromatic heterocycles. The minimum atomic E-state index is -1.97. The number of nitrogens with zero attached hydrogens (tertiary/aromatic N) is 2. The summed E-state index contributed by atoms with van der Waals surface area (Å²) in [4.78, 5) is 42.7. The van der Waals surface area contributed by atoms with Crippen LogP contribution in [0.25, 0.3) is 22.3 Å². The quantitative estimate of drug-likeness (QED) is 0.359. The second-order valence-electron chi connectivity index (χ2n) is 9.25. The largest absolute Gasteiger partial charge is 0.490 e. The van der Waals surface area contributed by atoms with E-state index in [0.29, 0.717) is 39.2 Å². The van der Waals surface area contributed by atoms with E-state index in [4.69, 9.17) is 9.47 Å². The van der Waals surface area contributed by atoms with Gasteiger partial charge >= 0.3 is 5.97 Å². The number of aliphatic hydroxyl groups excluding tert-OH is 1. The Labute approximate surface area is 203 Å². The van der Waals surface area contributed by atoms with Gasteiger partial charge in [0.15, 0.2) is 5.60 Å². The lowest BCUT2D eigenvalue weighted by Crippen LogP contribution is -2.44. The van der Waals surface area contributed by atoms with E-state index in [-0.39, 0.29) is 42.8 Å². The molecule has 3 aliphatic heterocycles. The number of esters is 1. The van der Waals surface area contributed by atoms with Crippen molar-refractivity contribution in [3.05, 3.63) is 56.1 Å². The molecule has 0 bridgehead atoms. The average Bonchev–Trinajstić information content (AvgIpc) is 3.24. The first kappa shape index (κ1) is 22.6. The maximum absolute atomic E-state index is 14.8. The average molecular weight is 495 g/mol. The lowest BCUT2D eigenvalue weighted by atomic mass is 9.86. The van der Waals surface area contributed by atoms with E-state index < -0.39 is 41.5 Å². The molecule has 3 aliphatic rings. The van der Waals surface area contributed by atoms with Crippen LogP contribution in [-0.2, 0) is 33.1 Å². The third-order valence-corrected chi connectivity index (χ3v) is 7.38. The van der Waals surface area contributed by atoms with Crippen LogP contribution in [0.4, 0.5) is 4.39 Å². The van der Waals surface area contributed by atoms with Crippen molar-refractivity contribution in [1.82, 2.24) is 14.9 Å². The van der Waals surface area contributed by atoms with Crippen LogP contribution in [0.1, 0.15) is 47.2 Å². The first-order chi connectivity index (χ1) is 17.2. The van der Waals surface area contributed by atoms with E-state index in [9.17, 15) is 29.0 Å². The Kier molecular flexibility index (Phi) is 4.76. The maximum atomic E-state index is 14.8. The van der Waals surface area contributed by atoms with Crippen LogP contribution in [0.3, 0.4) is 0 Å². The first-order valence-electron chi connectivity index (χ1n) is 11.5. The molecule has 10 nitrogen and oxygen atoms in total. The Bertz CT molecular complexity index is 1580. The number of rotatable bonds is 3. The lowest BCUT2D eigenvalue weighted by Gasteiger charge is -2.31. The van der Waals surface area contributed by atoms with Crippen molar-refractivity contribution in [3.63, 3.8) is 0 Å². The smallest absolute Gasteiger partial charge is 0.343 e. The van der Waals surface area contributed by atoms with Crippen LogP contribution >= 0.6 is 0 Å². The van der Waals surface area contributed by atoms with Crippen molar-refractivity contribution >= 4 is 22.8 Å². The highest BCUT2D eigenvalue weighted by Gasteiger charge is 2.46. The number of pyridine rings is 2. The number of cyclic esters (lactones) is 1. The molecular formula is C25H22FN3O7. The molecule has 0 saturated carbocycles. The summed E-state index contributed by atoms with van der Waals surface area (Å²) >= 11 is 0. The van der Waals surface area contributed by atoms with Crippen LogP contribution in [0.2, 0.25) is 0 Å². The van der Waals surface area contributed by atoms with Gasteiger partial charge in [-0.3, -0.25) is 9.59 Å². The number of hydrogen-bond acceptors (Lipinski definition) is 8. The van der Waals surface area contributed by atoms with Crippen LogP contribution in [0.5, 0.6) is 5.75 Å². The highest BCUT2D eigenvalue weighted by molar-refractivity contribution is 5.95. The normalized spacial score (nSPS) is 21.4. The van der Waals surface area contributed by atoms with Gasteiger partial charge < -0.3 is 29.6 Å². The van der Waals surface area contributed by atoms with Gasteiger partial charge in [-0.15, -0.1) is 0 Å². The molecule has 0 fully saturated rings. The van der Waals surface area contributed by atoms with Crippen molar-refractivity contribution in [3.8, 4) is 17.1 Å². The monoisotopic (exact) mass is 495 g/mol. The van der Waals surface area contributed by atoms with Crippen LogP contribution < -0.4 is 15.6 Å². The number of hydrogen-bond donors (Lipinski definition) is 3. The van der Waals surface area contributed by atoms with Crippen molar-refractivity contribution in [1.29, 1.82) is 0 Å². The summed E-state index contributed by atoms with van der Waals surface area (Å²) < 4.78 is 27.2. The zero-order valence-electron chi connectivity index (χ0n) is 19.5. The summed E-state index contributed by atoms with van der Waals surface area (Å²) in [6.45, 7) is 2.32. The molecule has 0 unspecified atom stereocenters.